The largest absolute Gasteiger partial charge is 0.347 e. The second-order valence-corrected chi connectivity index (χ2v) is 6.05. The van der Waals surface area contributed by atoms with Gasteiger partial charge in [0.15, 0.2) is 0 Å². The van der Waals surface area contributed by atoms with Crippen molar-refractivity contribution in [2.45, 2.75) is 57.7 Å². The minimum Gasteiger partial charge on any atom is -0.347 e. The number of aromatic nitrogens is 1. The van der Waals surface area contributed by atoms with E-state index in [9.17, 15) is 0 Å². The van der Waals surface area contributed by atoms with E-state index >= 15 is 0 Å². The van der Waals surface area contributed by atoms with Crippen LogP contribution >= 0.6 is 0 Å². The molecule has 1 heterocycles. The van der Waals surface area contributed by atoms with Crippen LogP contribution in [0.3, 0.4) is 0 Å². The van der Waals surface area contributed by atoms with Crippen molar-refractivity contribution in [3.05, 3.63) is 23.0 Å². The molecule has 100 valence electrons. The summed E-state index contributed by atoms with van der Waals surface area (Å²) in [5.41, 5.74) is 10.5. The molecule has 0 saturated heterocycles. The number of nitrogens with two attached hydrogens (primary N) is 1. The number of rotatable bonds is 4. The number of likely N-dealkylation sites (N-methyl/N-ethyl adjacent to an activating group) is 1. The van der Waals surface area contributed by atoms with Crippen LogP contribution < -0.4 is 5.73 Å². The first-order chi connectivity index (χ1) is 8.66. The molecule has 0 bridgehead atoms. The van der Waals surface area contributed by atoms with Gasteiger partial charge in [-0.3, -0.25) is 0 Å². The van der Waals surface area contributed by atoms with E-state index in [1.807, 2.05) is 0 Å². The Morgan fingerprint density at radius 1 is 1.39 bits per heavy atom. The highest BCUT2D eigenvalue weighted by Gasteiger charge is 2.26. The van der Waals surface area contributed by atoms with Crippen LogP contribution in [0, 0.1) is 6.92 Å². The average molecular weight is 247 g/mol. The summed E-state index contributed by atoms with van der Waals surface area (Å²) in [6.07, 6.45) is 6.40. The molecular weight excluding hydrogens is 222 g/mol. The second kappa shape index (κ2) is 4.71. The summed E-state index contributed by atoms with van der Waals surface area (Å²) in [5, 5.41) is 0. The second-order valence-electron chi connectivity index (χ2n) is 6.05. The fraction of sp³-hybridized carbons (Fsp3) is 0.733. The molecule has 0 radical (unpaired) electrons. The molecule has 18 heavy (non-hydrogen) atoms. The van der Waals surface area contributed by atoms with Crippen molar-refractivity contribution >= 4 is 0 Å². The van der Waals surface area contributed by atoms with Gasteiger partial charge in [0, 0.05) is 36.6 Å². The zero-order chi connectivity index (χ0) is 12.7. The number of aryl methyl sites for hydroxylation is 1. The predicted molar refractivity (Wildman–Crippen MR) is 74.7 cm³/mol. The van der Waals surface area contributed by atoms with Gasteiger partial charge in [0.25, 0.3) is 0 Å². The molecule has 2 aliphatic carbocycles. The van der Waals surface area contributed by atoms with Crippen molar-refractivity contribution < 1.29 is 0 Å². The Morgan fingerprint density at radius 3 is 2.89 bits per heavy atom. The van der Waals surface area contributed by atoms with Crippen LogP contribution in [0.2, 0.25) is 0 Å². The first kappa shape index (κ1) is 12.2. The van der Waals surface area contributed by atoms with Gasteiger partial charge in [-0.2, -0.15) is 0 Å². The van der Waals surface area contributed by atoms with Gasteiger partial charge in [-0.25, -0.2) is 0 Å². The quantitative estimate of drug-likeness (QED) is 0.885. The van der Waals surface area contributed by atoms with Crippen molar-refractivity contribution in [1.82, 2.24) is 9.47 Å². The Labute approximate surface area is 110 Å². The lowest BCUT2D eigenvalue weighted by Gasteiger charge is -2.23. The minimum absolute atomic E-state index is 0.273. The number of hydrogen-bond donors (Lipinski definition) is 1. The summed E-state index contributed by atoms with van der Waals surface area (Å²) >= 11 is 0. The van der Waals surface area contributed by atoms with Crippen LogP contribution in [-0.4, -0.2) is 29.1 Å². The summed E-state index contributed by atoms with van der Waals surface area (Å²) < 4.78 is 2.51. The van der Waals surface area contributed by atoms with Crippen molar-refractivity contribution in [2.75, 3.05) is 13.6 Å². The maximum absolute atomic E-state index is 6.22. The summed E-state index contributed by atoms with van der Waals surface area (Å²) in [6.45, 7) is 4.52. The Morgan fingerprint density at radius 2 is 2.17 bits per heavy atom. The third-order valence-electron chi connectivity index (χ3n) is 4.62. The molecule has 0 amide bonds. The molecule has 0 aromatic carbocycles. The number of hydrogen-bond acceptors (Lipinski definition) is 2. The van der Waals surface area contributed by atoms with Gasteiger partial charge in [0.1, 0.15) is 0 Å². The number of fused-ring (bicyclic) bond motifs is 1. The first-order valence-electron chi connectivity index (χ1n) is 7.31. The Hall–Kier alpha value is -0.800. The van der Waals surface area contributed by atoms with E-state index in [0.29, 0.717) is 0 Å². The molecule has 1 fully saturated rings. The molecule has 1 atom stereocenters. The molecule has 2 N–H and O–H groups in total. The molecule has 0 spiro atoms. The molecule has 1 unspecified atom stereocenters. The summed E-state index contributed by atoms with van der Waals surface area (Å²) in [6, 6.07) is 3.45. The maximum atomic E-state index is 6.22. The third-order valence-corrected chi connectivity index (χ3v) is 4.62. The topological polar surface area (TPSA) is 34.2 Å². The fourth-order valence-corrected chi connectivity index (χ4v) is 3.27. The molecule has 1 aromatic rings. The lowest BCUT2D eigenvalue weighted by atomic mass is 9.93. The third kappa shape index (κ3) is 2.21. The number of nitrogens with zero attached hydrogens (tertiary/aromatic N) is 2. The monoisotopic (exact) mass is 247 g/mol. The average Bonchev–Trinajstić information content (AvgIpc) is 3.13. The predicted octanol–water partition coefficient (Wildman–Crippen LogP) is 2.23. The highest BCUT2D eigenvalue weighted by Crippen LogP contribution is 2.31. The summed E-state index contributed by atoms with van der Waals surface area (Å²) in [7, 11) is 2.26. The standard InChI is InChI=1S/C15H25N3/c1-11-10-13-14(16)4-3-5-15(13)18(11)9-8-17(2)12-6-7-12/h10,12,14H,3-9,16H2,1-2H3. The Balaban J connectivity index is 1.74. The minimum atomic E-state index is 0.273. The normalized spacial score (nSPS) is 23.4. The summed E-state index contributed by atoms with van der Waals surface area (Å²) in [4.78, 5) is 2.51. The lowest BCUT2D eigenvalue weighted by molar-refractivity contribution is 0.306. The van der Waals surface area contributed by atoms with Crippen LogP contribution in [0.4, 0.5) is 0 Å². The van der Waals surface area contributed by atoms with Crippen LogP contribution in [-0.2, 0) is 13.0 Å². The molecule has 1 saturated carbocycles. The maximum Gasteiger partial charge on any atom is 0.0352 e. The SMILES string of the molecule is Cc1cc2c(n1CCN(C)C1CC1)CCCC2N. The van der Waals surface area contributed by atoms with E-state index in [4.69, 9.17) is 5.73 Å². The van der Waals surface area contributed by atoms with Crippen molar-refractivity contribution in [3.63, 3.8) is 0 Å². The van der Waals surface area contributed by atoms with Gasteiger partial charge < -0.3 is 15.2 Å². The first-order valence-corrected chi connectivity index (χ1v) is 7.31. The molecule has 3 nitrogen and oxygen atoms in total. The van der Waals surface area contributed by atoms with Gasteiger partial charge in [0.2, 0.25) is 0 Å². The van der Waals surface area contributed by atoms with Crippen molar-refractivity contribution in [2.24, 2.45) is 5.73 Å². The molecular formula is C15H25N3. The Bertz CT molecular complexity index is 431. The molecule has 2 aliphatic rings. The zero-order valence-corrected chi connectivity index (χ0v) is 11.7. The van der Waals surface area contributed by atoms with Gasteiger partial charge in [0.05, 0.1) is 0 Å². The van der Waals surface area contributed by atoms with Crippen molar-refractivity contribution in [1.29, 1.82) is 0 Å². The fourth-order valence-electron chi connectivity index (χ4n) is 3.27. The lowest BCUT2D eigenvalue weighted by Crippen LogP contribution is -2.27. The van der Waals surface area contributed by atoms with Crippen LogP contribution in [0.15, 0.2) is 6.07 Å². The van der Waals surface area contributed by atoms with Gasteiger partial charge in [-0.05, 0) is 57.7 Å². The van der Waals surface area contributed by atoms with E-state index in [2.05, 4.69) is 29.5 Å². The Kier molecular flexibility index (Phi) is 3.20. The molecule has 3 heteroatoms. The van der Waals surface area contributed by atoms with E-state index in [-0.39, 0.29) is 6.04 Å². The van der Waals surface area contributed by atoms with Gasteiger partial charge in [-0.1, -0.05) is 0 Å². The van der Waals surface area contributed by atoms with Crippen molar-refractivity contribution in [3.8, 4) is 0 Å². The van der Waals surface area contributed by atoms with E-state index in [0.717, 1.165) is 19.0 Å². The van der Waals surface area contributed by atoms with Crippen LogP contribution in [0.1, 0.15) is 48.7 Å². The van der Waals surface area contributed by atoms with Gasteiger partial charge in [-0.15, -0.1) is 0 Å². The highest BCUT2D eigenvalue weighted by molar-refractivity contribution is 5.32. The zero-order valence-electron chi connectivity index (χ0n) is 11.7. The van der Waals surface area contributed by atoms with E-state index < -0.39 is 0 Å². The van der Waals surface area contributed by atoms with Crippen LogP contribution in [0.25, 0.3) is 0 Å². The van der Waals surface area contributed by atoms with E-state index in [1.165, 1.54) is 49.2 Å². The molecule has 1 aromatic heterocycles. The highest BCUT2D eigenvalue weighted by atomic mass is 15.2. The van der Waals surface area contributed by atoms with Crippen LogP contribution in [0.5, 0.6) is 0 Å². The smallest absolute Gasteiger partial charge is 0.0352 e. The molecule has 0 aliphatic heterocycles. The van der Waals surface area contributed by atoms with Gasteiger partial charge >= 0.3 is 0 Å². The molecule has 3 rings (SSSR count). The summed E-state index contributed by atoms with van der Waals surface area (Å²) in [5.74, 6) is 0. The van der Waals surface area contributed by atoms with E-state index in [1.54, 1.807) is 0 Å².